The van der Waals surface area contributed by atoms with Crippen molar-refractivity contribution in [3.63, 3.8) is 0 Å². The van der Waals surface area contributed by atoms with E-state index < -0.39 is 11.9 Å². The zero-order valence-electron chi connectivity index (χ0n) is 12.7. The Kier molecular flexibility index (Phi) is 5.45. The van der Waals surface area contributed by atoms with Crippen molar-refractivity contribution in [2.75, 3.05) is 13.1 Å². The van der Waals surface area contributed by atoms with E-state index >= 15 is 0 Å². The number of likely N-dealkylation sites (tertiary alicyclic amines) is 1. The number of ether oxygens (including phenoxy) is 1. The Balaban J connectivity index is 2.18. The molecule has 1 aliphatic heterocycles. The Hall–Kier alpha value is -1.56. The molecule has 0 radical (unpaired) electrons. The molecular formula is C16H20BrNO4. The first-order chi connectivity index (χ1) is 10.4. The van der Waals surface area contributed by atoms with Gasteiger partial charge in [0.05, 0.1) is 12.0 Å². The molecule has 1 N–H and O–H groups in total. The molecule has 0 saturated carbocycles. The summed E-state index contributed by atoms with van der Waals surface area (Å²) in [5.74, 6) is -0.841. The van der Waals surface area contributed by atoms with Crippen molar-refractivity contribution < 1.29 is 19.4 Å². The fourth-order valence-electron chi connectivity index (χ4n) is 2.57. The SMILES string of the molecule is CC(C)Oc1cc(Br)cc(C(=O)N2CCC[C@H](C(=O)O)C2)c1. The van der Waals surface area contributed by atoms with Crippen LogP contribution in [0.25, 0.3) is 0 Å². The van der Waals surface area contributed by atoms with Gasteiger partial charge in [-0.25, -0.2) is 0 Å². The smallest absolute Gasteiger partial charge is 0.308 e. The molecule has 5 nitrogen and oxygen atoms in total. The number of hydrogen-bond acceptors (Lipinski definition) is 3. The number of nitrogens with zero attached hydrogens (tertiary/aromatic N) is 1. The van der Waals surface area contributed by atoms with Gasteiger partial charge in [-0.1, -0.05) is 15.9 Å². The maximum Gasteiger partial charge on any atom is 0.308 e. The Morgan fingerprint density at radius 3 is 2.73 bits per heavy atom. The van der Waals surface area contributed by atoms with Gasteiger partial charge in [0.25, 0.3) is 5.91 Å². The Labute approximate surface area is 138 Å². The van der Waals surface area contributed by atoms with E-state index in [0.717, 1.165) is 4.47 Å². The van der Waals surface area contributed by atoms with Gasteiger partial charge in [-0.3, -0.25) is 9.59 Å². The van der Waals surface area contributed by atoms with Crippen molar-refractivity contribution in [1.29, 1.82) is 0 Å². The van der Waals surface area contributed by atoms with Crippen LogP contribution in [0.15, 0.2) is 22.7 Å². The number of amides is 1. The molecule has 1 aliphatic rings. The minimum Gasteiger partial charge on any atom is -0.491 e. The minimum atomic E-state index is -0.837. The number of aliphatic carboxylic acids is 1. The highest BCUT2D eigenvalue weighted by molar-refractivity contribution is 9.10. The first-order valence-electron chi connectivity index (χ1n) is 7.36. The lowest BCUT2D eigenvalue weighted by Crippen LogP contribution is -2.42. The molecule has 0 bridgehead atoms. The highest BCUT2D eigenvalue weighted by Gasteiger charge is 2.28. The molecule has 0 spiro atoms. The van der Waals surface area contributed by atoms with Crippen LogP contribution < -0.4 is 4.74 Å². The molecule has 22 heavy (non-hydrogen) atoms. The fourth-order valence-corrected chi connectivity index (χ4v) is 3.04. The maximum atomic E-state index is 12.6. The van der Waals surface area contributed by atoms with E-state index in [1.165, 1.54) is 0 Å². The van der Waals surface area contributed by atoms with Crippen LogP contribution in [0, 0.1) is 5.92 Å². The third-order valence-corrected chi connectivity index (χ3v) is 4.01. The first kappa shape index (κ1) is 16.8. The van der Waals surface area contributed by atoms with Crippen LogP contribution in [-0.2, 0) is 4.79 Å². The van der Waals surface area contributed by atoms with E-state index in [4.69, 9.17) is 9.84 Å². The maximum absolute atomic E-state index is 12.6. The summed E-state index contributed by atoms with van der Waals surface area (Å²) in [7, 11) is 0. The van der Waals surface area contributed by atoms with Gasteiger partial charge in [-0.15, -0.1) is 0 Å². The second-order valence-electron chi connectivity index (χ2n) is 5.77. The quantitative estimate of drug-likeness (QED) is 0.884. The van der Waals surface area contributed by atoms with Crippen molar-refractivity contribution in [2.24, 2.45) is 5.92 Å². The number of halogens is 1. The van der Waals surface area contributed by atoms with Crippen molar-refractivity contribution in [3.8, 4) is 5.75 Å². The average molecular weight is 370 g/mol. The average Bonchev–Trinajstić information content (AvgIpc) is 2.45. The van der Waals surface area contributed by atoms with Crippen LogP contribution in [0.5, 0.6) is 5.75 Å². The Morgan fingerprint density at radius 1 is 1.36 bits per heavy atom. The highest BCUT2D eigenvalue weighted by atomic mass is 79.9. The molecule has 1 fully saturated rings. The standard InChI is InChI=1S/C16H20BrNO4/c1-10(2)22-14-7-12(6-13(17)8-14)15(19)18-5-3-4-11(9-18)16(20)21/h6-8,10-11H,3-5,9H2,1-2H3,(H,20,21)/t11-/m0/s1. The van der Waals surface area contributed by atoms with Gasteiger partial charge in [0, 0.05) is 23.1 Å². The molecule has 1 atom stereocenters. The fraction of sp³-hybridized carbons (Fsp3) is 0.500. The minimum absolute atomic E-state index is 0.0172. The summed E-state index contributed by atoms with van der Waals surface area (Å²) >= 11 is 3.39. The summed E-state index contributed by atoms with van der Waals surface area (Å²) in [5.41, 5.74) is 0.510. The summed E-state index contributed by atoms with van der Waals surface area (Å²) in [6.07, 6.45) is 1.36. The second kappa shape index (κ2) is 7.13. The molecule has 1 aromatic carbocycles. The number of hydrogen-bond donors (Lipinski definition) is 1. The number of carbonyl (C=O) groups excluding carboxylic acids is 1. The van der Waals surface area contributed by atoms with Crippen LogP contribution in [0.2, 0.25) is 0 Å². The van der Waals surface area contributed by atoms with E-state index in [0.29, 0.717) is 30.7 Å². The number of rotatable bonds is 4. The normalized spacial score (nSPS) is 18.4. The number of carbonyl (C=O) groups is 2. The summed E-state index contributed by atoms with van der Waals surface area (Å²) in [6.45, 7) is 4.70. The number of piperidine rings is 1. The van der Waals surface area contributed by atoms with Gasteiger partial charge in [0.1, 0.15) is 5.75 Å². The lowest BCUT2D eigenvalue weighted by Gasteiger charge is -2.31. The first-order valence-corrected chi connectivity index (χ1v) is 8.15. The number of carboxylic acids is 1. The monoisotopic (exact) mass is 369 g/mol. The van der Waals surface area contributed by atoms with Crippen molar-refractivity contribution in [3.05, 3.63) is 28.2 Å². The summed E-state index contributed by atoms with van der Waals surface area (Å²) in [4.78, 5) is 25.4. The zero-order valence-corrected chi connectivity index (χ0v) is 14.3. The van der Waals surface area contributed by atoms with Crippen LogP contribution in [0.3, 0.4) is 0 Å². The van der Waals surface area contributed by atoms with Crippen molar-refractivity contribution in [2.45, 2.75) is 32.8 Å². The Bertz CT molecular complexity index is 573. The summed E-state index contributed by atoms with van der Waals surface area (Å²) < 4.78 is 6.40. The predicted octanol–water partition coefficient (Wildman–Crippen LogP) is 3.17. The van der Waals surface area contributed by atoms with E-state index in [1.54, 1.807) is 17.0 Å². The molecule has 120 valence electrons. The second-order valence-corrected chi connectivity index (χ2v) is 6.69. The molecule has 2 rings (SSSR count). The predicted molar refractivity (Wildman–Crippen MR) is 86.2 cm³/mol. The van der Waals surface area contributed by atoms with Crippen molar-refractivity contribution >= 4 is 27.8 Å². The third kappa shape index (κ3) is 4.22. The van der Waals surface area contributed by atoms with Gasteiger partial charge in [0.15, 0.2) is 0 Å². The van der Waals surface area contributed by atoms with Gasteiger partial charge in [-0.2, -0.15) is 0 Å². The molecule has 0 aliphatic carbocycles. The van der Waals surface area contributed by atoms with Gasteiger partial charge in [-0.05, 0) is 44.9 Å². The van der Waals surface area contributed by atoms with Gasteiger partial charge in [0.2, 0.25) is 0 Å². The highest BCUT2D eigenvalue weighted by Crippen LogP contribution is 2.25. The van der Waals surface area contributed by atoms with Gasteiger partial charge >= 0.3 is 5.97 Å². The molecule has 0 unspecified atom stereocenters. The van der Waals surface area contributed by atoms with Crippen molar-refractivity contribution in [1.82, 2.24) is 4.90 Å². The summed E-state index contributed by atoms with van der Waals surface area (Å²) in [6, 6.07) is 5.25. The van der Waals surface area contributed by atoms with Crippen LogP contribution in [0.4, 0.5) is 0 Å². The molecule has 0 aromatic heterocycles. The largest absolute Gasteiger partial charge is 0.491 e. The molecular weight excluding hydrogens is 350 g/mol. The molecule has 1 heterocycles. The van der Waals surface area contributed by atoms with E-state index in [9.17, 15) is 9.59 Å². The summed E-state index contributed by atoms with van der Waals surface area (Å²) in [5, 5.41) is 9.13. The van der Waals surface area contributed by atoms with Crippen LogP contribution in [0.1, 0.15) is 37.0 Å². The zero-order chi connectivity index (χ0) is 16.3. The lowest BCUT2D eigenvalue weighted by molar-refractivity contribution is -0.143. The van der Waals surface area contributed by atoms with Crippen LogP contribution in [-0.4, -0.2) is 41.1 Å². The number of benzene rings is 1. The Morgan fingerprint density at radius 2 is 2.09 bits per heavy atom. The van der Waals surface area contributed by atoms with E-state index in [2.05, 4.69) is 15.9 Å². The molecule has 1 amide bonds. The van der Waals surface area contributed by atoms with E-state index in [1.807, 2.05) is 19.9 Å². The lowest BCUT2D eigenvalue weighted by atomic mass is 9.97. The van der Waals surface area contributed by atoms with Crippen LogP contribution >= 0.6 is 15.9 Å². The van der Waals surface area contributed by atoms with E-state index in [-0.39, 0.29) is 18.6 Å². The third-order valence-electron chi connectivity index (χ3n) is 3.55. The number of carboxylic acid groups (broad SMARTS) is 1. The molecule has 1 aromatic rings. The molecule has 1 saturated heterocycles. The van der Waals surface area contributed by atoms with Gasteiger partial charge < -0.3 is 14.7 Å². The molecule has 6 heteroatoms. The topological polar surface area (TPSA) is 66.8 Å².